The minimum Gasteiger partial charge on any atom is -0.459 e. The number of rotatable bonds is 6. The number of aromatic nitrogens is 1. The summed E-state index contributed by atoms with van der Waals surface area (Å²) in [5, 5.41) is 4.92. The highest BCUT2D eigenvalue weighted by molar-refractivity contribution is 7.80. The van der Waals surface area contributed by atoms with Crippen molar-refractivity contribution >= 4 is 28.9 Å². The van der Waals surface area contributed by atoms with E-state index in [1.54, 1.807) is 0 Å². The molecule has 5 rings (SSSR count). The highest BCUT2D eigenvalue weighted by atomic mass is 35.5. The summed E-state index contributed by atoms with van der Waals surface area (Å²) >= 11 is 11.8. The van der Waals surface area contributed by atoms with Crippen LogP contribution in [0.1, 0.15) is 23.5 Å². The first kappa shape index (κ1) is 21.4. The summed E-state index contributed by atoms with van der Waals surface area (Å²) in [5.41, 5.74) is 1.93. The molecule has 0 amide bonds. The van der Waals surface area contributed by atoms with Crippen LogP contribution < -0.4 is 5.32 Å². The standard InChI is InChI=1S/C24H25ClN4O2S/c25-18-6-4-17(5-7-18)20-8-9-21(31-20)23-22(19-3-1-2-10-26-19)27-24(32)29(23)12-11-28-13-15-30-16-14-28/h1-10,22-23H,11-16H2,(H,27,32)/t22-,23+/m0/s1. The molecule has 2 aliphatic heterocycles. The van der Waals surface area contributed by atoms with E-state index in [9.17, 15) is 0 Å². The van der Waals surface area contributed by atoms with Crippen molar-refractivity contribution in [1.82, 2.24) is 20.1 Å². The second-order valence-corrected chi connectivity index (χ2v) is 8.81. The second-order valence-electron chi connectivity index (χ2n) is 7.98. The fraction of sp³-hybridized carbons (Fsp3) is 0.333. The molecule has 0 aliphatic carbocycles. The number of nitrogens with zero attached hydrogens (tertiary/aromatic N) is 3. The van der Waals surface area contributed by atoms with Crippen molar-refractivity contribution < 1.29 is 9.15 Å². The van der Waals surface area contributed by atoms with E-state index in [1.807, 2.05) is 60.8 Å². The number of pyridine rings is 1. The van der Waals surface area contributed by atoms with Gasteiger partial charge in [0.05, 0.1) is 24.9 Å². The first-order chi connectivity index (χ1) is 15.7. The van der Waals surface area contributed by atoms with Gasteiger partial charge in [-0.3, -0.25) is 9.88 Å². The molecule has 2 fully saturated rings. The van der Waals surface area contributed by atoms with Gasteiger partial charge in [-0.05, 0) is 60.7 Å². The maximum atomic E-state index is 6.37. The summed E-state index contributed by atoms with van der Waals surface area (Å²) < 4.78 is 11.9. The van der Waals surface area contributed by atoms with Gasteiger partial charge in [-0.15, -0.1) is 0 Å². The van der Waals surface area contributed by atoms with Crippen LogP contribution in [0.15, 0.2) is 65.2 Å². The molecular formula is C24H25ClN4O2S. The van der Waals surface area contributed by atoms with Crippen LogP contribution in [0.2, 0.25) is 5.02 Å². The van der Waals surface area contributed by atoms with E-state index in [-0.39, 0.29) is 12.1 Å². The lowest BCUT2D eigenvalue weighted by Gasteiger charge is -2.31. The summed E-state index contributed by atoms with van der Waals surface area (Å²) in [5.74, 6) is 1.67. The summed E-state index contributed by atoms with van der Waals surface area (Å²) in [6.07, 6.45) is 1.81. The van der Waals surface area contributed by atoms with Gasteiger partial charge in [-0.25, -0.2) is 0 Å². The number of furan rings is 1. The van der Waals surface area contributed by atoms with Crippen LogP contribution in [0, 0.1) is 0 Å². The largest absolute Gasteiger partial charge is 0.459 e. The summed E-state index contributed by atoms with van der Waals surface area (Å²) in [4.78, 5) is 9.24. The van der Waals surface area contributed by atoms with Gasteiger partial charge < -0.3 is 19.4 Å². The van der Waals surface area contributed by atoms with Gasteiger partial charge in [0, 0.05) is 43.0 Å². The lowest BCUT2D eigenvalue weighted by atomic mass is 10.0. The van der Waals surface area contributed by atoms with Gasteiger partial charge in [0.15, 0.2) is 5.11 Å². The van der Waals surface area contributed by atoms with E-state index in [1.165, 1.54) is 0 Å². The van der Waals surface area contributed by atoms with E-state index >= 15 is 0 Å². The molecule has 2 atom stereocenters. The van der Waals surface area contributed by atoms with Crippen molar-refractivity contribution in [3.8, 4) is 11.3 Å². The lowest BCUT2D eigenvalue weighted by Crippen LogP contribution is -2.42. The fourth-order valence-corrected chi connectivity index (χ4v) is 4.77. The zero-order valence-corrected chi connectivity index (χ0v) is 19.2. The Hall–Kier alpha value is -2.45. The molecule has 0 unspecified atom stereocenters. The average molecular weight is 469 g/mol. The molecule has 8 heteroatoms. The minimum atomic E-state index is -0.0855. The number of benzene rings is 1. The van der Waals surface area contributed by atoms with Crippen LogP contribution in [0.5, 0.6) is 0 Å². The van der Waals surface area contributed by atoms with E-state index in [0.717, 1.165) is 67.3 Å². The van der Waals surface area contributed by atoms with Crippen molar-refractivity contribution in [1.29, 1.82) is 0 Å². The van der Waals surface area contributed by atoms with Gasteiger partial charge in [-0.1, -0.05) is 17.7 Å². The zero-order chi connectivity index (χ0) is 21.9. The van der Waals surface area contributed by atoms with Crippen LogP contribution in [-0.2, 0) is 4.74 Å². The number of thiocarbonyl (C=S) groups is 1. The Bertz CT molecular complexity index is 1050. The molecule has 0 spiro atoms. The van der Waals surface area contributed by atoms with E-state index in [2.05, 4.69) is 20.1 Å². The Morgan fingerprint density at radius 1 is 1.03 bits per heavy atom. The van der Waals surface area contributed by atoms with E-state index in [4.69, 9.17) is 33.0 Å². The number of halogens is 1. The SMILES string of the molecule is S=C1N[C@@H](c2ccccn2)[C@@H](c2ccc(-c3ccc(Cl)cc3)o2)N1CCN1CCOCC1. The van der Waals surface area contributed by atoms with Crippen LogP contribution in [0.25, 0.3) is 11.3 Å². The molecule has 166 valence electrons. The topological polar surface area (TPSA) is 53.8 Å². The molecule has 32 heavy (non-hydrogen) atoms. The number of morpholine rings is 1. The molecule has 1 aromatic carbocycles. The molecule has 2 saturated heterocycles. The molecule has 3 aromatic rings. The molecule has 0 radical (unpaired) electrons. The number of nitrogens with one attached hydrogen (secondary N) is 1. The Labute approximate surface area is 198 Å². The minimum absolute atomic E-state index is 0.0838. The molecular weight excluding hydrogens is 444 g/mol. The van der Waals surface area contributed by atoms with Crippen molar-refractivity contribution in [2.45, 2.75) is 12.1 Å². The fourth-order valence-electron chi connectivity index (χ4n) is 4.31. The molecule has 4 heterocycles. The highest BCUT2D eigenvalue weighted by Crippen LogP contribution is 2.40. The van der Waals surface area contributed by atoms with Gasteiger partial charge in [0.2, 0.25) is 0 Å². The van der Waals surface area contributed by atoms with Gasteiger partial charge in [-0.2, -0.15) is 0 Å². The maximum Gasteiger partial charge on any atom is 0.170 e. The van der Waals surface area contributed by atoms with Crippen molar-refractivity contribution in [3.63, 3.8) is 0 Å². The van der Waals surface area contributed by atoms with Gasteiger partial charge in [0.25, 0.3) is 0 Å². The third-order valence-corrected chi connectivity index (χ3v) is 6.61. The molecule has 2 aliphatic rings. The quantitative estimate of drug-likeness (QED) is 0.541. The van der Waals surface area contributed by atoms with Crippen molar-refractivity contribution in [3.05, 3.63) is 77.3 Å². The van der Waals surface area contributed by atoms with Crippen molar-refractivity contribution in [2.75, 3.05) is 39.4 Å². The number of ether oxygens (including phenoxy) is 1. The van der Waals surface area contributed by atoms with Crippen LogP contribution in [0.4, 0.5) is 0 Å². The normalized spacial score (nSPS) is 21.7. The molecule has 6 nitrogen and oxygen atoms in total. The van der Waals surface area contributed by atoms with Crippen LogP contribution >= 0.6 is 23.8 Å². The average Bonchev–Trinajstić information content (AvgIpc) is 3.44. The van der Waals surface area contributed by atoms with Crippen molar-refractivity contribution in [2.24, 2.45) is 0 Å². The first-order valence-electron chi connectivity index (χ1n) is 10.8. The molecule has 2 aromatic heterocycles. The van der Waals surface area contributed by atoms with Crippen LogP contribution in [-0.4, -0.2) is 59.3 Å². The highest BCUT2D eigenvalue weighted by Gasteiger charge is 2.41. The maximum absolute atomic E-state index is 6.37. The van der Waals surface area contributed by atoms with E-state index < -0.39 is 0 Å². The number of hydrogen-bond acceptors (Lipinski definition) is 5. The smallest absolute Gasteiger partial charge is 0.170 e. The predicted molar refractivity (Wildman–Crippen MR) is 129 cm³/mol. The lowest BCUT2D eigenvalue weighted by molar-refractivity contribution is 0.0347. The first-order valence-corrected chi connectivity index (χ1v) is 11.6. The summed E-state index contributed by atoms with van der Waals surface area (Å²) in [6.45, 7) is 5.18. The Morgan fingerprint density at radius 3 is 2.59 bits per heavy atom. The Kier molecular flexibility index (Phi) is 6.41. The monoisotopic (exact) mass is 468 g/mol. The molecule has 0 bridgehead atoms. The summed E-state index contributed by atoms with van der Waals surface area (Å²) in [7, 11) is 0. The third kappa shape index (κ3) is 4.52. The zero-order valence-electron chi connectivity index (χ0n) is 17.6. The van der Waals surface area contributed by atoms with E-state index in [0.29, 0.717) is 5.02 Å². The molecule has 1 N–H and O–H groups in total. The predicted octanol–water partition coefficient (Wildman–Crippen LogP) is 4.30. The third-order valence-electron chi connectivity index (χ3n) is 6.01. The summed E-state index contributed by atoms with van der Waals surface area (Å²) in [6, 6.07) is 17.5. The Balaban J connectivity index is 1.43. The molecule has 0 saturated carbocycles. The second kappa shape index (κ2) is 9.58. The van der Waals surface area contributed by atoms with Gasteiger partial charge >= 0.3 is 0 Å². The van der Waals surface area contributed by atoms with Crippen LogP contribution in [0.3, 0.4) is 0 Å². The Morgan fingerprint density at radius 2 is 1.84 bits per heavy atom. The number of hydrogen-bond donors (Lipinski definition) is 1. The van der Waals surface area contributed by atoms with Gasteiger partial charge in [0.1, 0.15) is 17.6 Å².